The second-order valence-corrected chi connectivity index (χ2v) is 10.0. The zero-order chi connectivity index (χ0) is 19.9. The summed E-state index contributed by atoms with van der Waals surface area (Å²) < 4.78 is 32.5. The quantitative estimate of drug-likeness (QED) is 0.413. The second kappa shape index (κ2) is 10.2. The fourth-order valence-corrected chi connectivity index (χ4v) is 4.21. The Morgan fingerprint density at radius 2 is 1.93 bits per heavy atom. The van der Waals surface area contributed by atoms with Crippen LogP contribution in [0.4, 0.5) is 11.4 Å². The first-order valence-electron chi connectivity index (χ1n) is 10.1. The molecule has 1 aliphatic carbocycles. The van der Waals surface area contributed by atoms with Gasteiger partial charge in [0.1, 0.15) is 5.75 Å². The number of hydrogen-bond donors (Lipinski definition) is 3. The largest absolute Gasteiger partial charge is 0.494 e. The van der Waals surface area contributed by atoms with Gasteiger partial charge in [-0.25, -0.2) is 13.1 Å². The zero-order valence-electron chi connectivity index (χ0n) is 16.8. The van der Waals surface area contributed by atoms with E-state index >= 15 is 0 Å². The first-order chi connectivity index (χ1) is 12.8. The maximum Gasteiger partial charge on any atom is 0.214 e. The van der Waals surface area contributed by atoms with Crippen molar-refractivity contribution in [2.24, 2.45) is 5.92 Å². The summed E-state index contributed by atoms with van der Waals surface area (Å²) in [7, 11) is -3.18. The van der Waals surface area contributed by atoms with Crippen molar-refractivity contribution in [1.82, 2.24) is 4.72 Å². The average molecular weight is 398 g/mol. The number of ether oxygens (including phenoxy) is 1. The molecule has 1 fully saturated rings. The molecular formula is C20H35N3O3S. The molecule has 154 valence electrons. The summed E-state index contributed by atoms with van der Waals surface area (Å²) in [5.74, 6) is 1.34. The highest BCUT2D eigenvalue weighted by Gasteiger charge is 2.26. The topological polar surface area (TPSA) is 93.5 Å². The van der Waals surface area contributed by atoms with Gasteiger partial charge >= 0.3 is 0 Å². The lowest BCUT2D eigenvalue weighted by molar-refractivity contribution is 0.309. The van der Waals surface area contributed by atoms with Crippen molar-refractivity contribution in [2.45, 2.75) is 70.6 Å². The predicted octanol–water partition coefficient (Wildman–Crippen LogP) is 3.75. The molecule has 1 aromatic carbocycles. The van der Waals surface area contributed by atoms with Crippen molar-refractivity contribution < 1.29 is 13.2 Å². The van der Waals surface area contributed by atoms with E-state index in [1.54, 1.807) is 13.8 Å². The molecule has 0 bridgehead atoms. The van der Waals surface area contributed by atoms with E-state index in [2.05, 4.69) is 17.0 Å². The molecule has 2 rings (SSSR count). The van der Waals surface area contributed by atoms with Crippen LogP contribution < -0.4 is 20.5 Å². The third-order valence-corrected chi connectivity index (χ3v) is 7.07. The molecule has 0 aliphatic heterocycles. The van der Waals surface area contributed by atoms with Crippen LogP contribution in [0.3, 0.4) is 0 Å². The Balaban J connectivity index is 1.76. The molecule has 0 heterocycles. The molecular weight excluding hydrogens is 362 g/mol. The number of anilines is 2. The number of rotatable bonds is 10. The zero-order valence-corrected chi connectivity index (χ0v) is 17.6. The van der Waals surface area contributed by atoms with Gasteiger partial charge in [-0.3, -0.25) is 0 Å². The van der Waals surface area contributed by atoms with E-state index in [-0.39, 0.29) is 11.3 Å². The molecule has 6 nitrogen and oxygen atoms in total. The normalized spacial score (nSPS) is 20.6. The van der Waals surface area contributed by atoms with Crippen LogP contribution in [0.1, 0.15) is 59.3 Å². The van der Waals surface area contributed by atoms with Crippen molar-refractivity contribution in [1.29, 1.82) is 0 Å². The monoisotopic (exact) mass is 397 g/mol. The SMILES string of the molecule is CCCCOc1ccc(NCC2CCC(NS(=O)(=O)C(C)C)CC2)c(N)c1. The number of sulfonamides is 1. The van der Waals surface area contributed by atoms with E-state index < -0.39 is 10.0 Å². The Morgan fingerprint density at radius 1 is 1.22 bits per heavy atom. The first-order valence-corrected chi connectivity index (χ1v) is 11.6. The first kappa shape index (κ1) is 21.8. The van der Waals surface area contributed by atoms with E-state index in [4.69, 9.17) is 10.5 Å². The van der Waals surface area contributed by atoms with Gasteiger partial charge in [-0.1, -0.05) is 13.3 Å². The molecule has 0 spiro atoms. The van der Waals surface area contributed by atoms with Gasteiger partial charge in [0.05, 0.1) is 23.2 Å². The highest BCUT2D eigenvalue weighted by Crippen LogP contribution is 2.28. The van der Waals surface area contributed by atoms with Gasteiger partial charge in [-0.15, -0.1) is 0 Å². The van der Waals surface area contributed by atoms with Crippen LogP contribution in [0.5, 0.6) is 5.75 Å². The minimum absolute atomic E-state index is 0.0678. The number of hydrogen-bond acceptors (Lipinski definition) is 5. The van der Waals surface area contributed by atoms with Gasteiger partial charge < -0.3 is 15.8 Å². The van der Waals surface area contributed by atoms with Crippen molar-refractivity contribution in [3.05, 3.63) is 18.2 Å². The molecule has 7 heteroatoms. The van der Waals surface area contributed by atoms with Gasteiger partial charge in [0.15, 0.2) is 0 Å². The summed E-state index contributed by atoms with van der Waals surface area (Å²) in [5, 5.41) is 3.06. The maximum atomic E-state index is 12.0. The molecule has 0 amide bonds. The predicted molar refractivity (Wildman–Crippen MR) is 113 cm³/mol. The Morgan fingerprint density at radius 3 is 2.52 bits per heavy atom. The van der Waals surface area contributed by atoms with E-state index in [0.717, 1.165) is 56.5 Å². The van der Waals surface area contributed by atoms with E-state index in [0.29, 0.717) is 18.2 Å². The van der Waals surface area contributed by atoms with Crippen LogP contribution in [-0.2, 0) is 10.0 Å². The summed E-state index contributed by atoms with van der Waals surface area (Å²) in [6, 6.07) is 5.86. The summed E-state index contributed by atoms with van der Waals surface area (Å²) in [6.07, 6.45) is 5.94. The third-order valence-electron chi connectivity index (χ3n) is 5.17. The Kier molecular flexibility index (Phi) is 8.23. The molecule has 0 saturated heterocycles. The molecule has 1 saturated carbocycles. The summed E-state index contributed by atoms with van der Waals surface area (Å²) >= 11 is 0. The lowest BCUT2D eigenvalue weighted by Gasteiger charge is -2.30. The van der Waals surface area contributed by atoms with Gasteiger partial charge in [0.25, 0.3) is 0 Å². The minimum Gasteiger partial charge on any atom is -0.494 e. The second-order valence-electron chi connectivity index (χ2n) is 7.76. The number of benzene rings is 1. The number of nitrogens with one attached hydrogen (secondary N) is 2. The molecule has 0 radical (unpaired) electrons. The van der Waals surface area contributed by atoms with Crippen LogP contribution in [0, 0.1) is 5.92 Å². The highest BCUT2D eigenvalue weighted by atomic mass is 32.2. The smallest absolute Gasteiger partial charge is 0.214 e. The summed E-state index contributed by atoms with van der Waals surface area (Å²) in [6.45, 7) is 7.12. The van der Waals surface area contributed by atoms with Crippen LogP contribution in [-0.4, -0.2) is 32.9 Å². The minimum atomic E-state index is -3.18. The van der Waals surface area contributed by atoms with Crippen molar-refractivity contribution in [3.63, 3.8) is 0 Å². The average Bonchev–Trinajstić information content (AvgIpc) is 2.62. The fourth-order valence-electron chi connectivity index (χ4n) is 3.23. The third kappa shape index (κ3) is 6.88. The van der Waals surface area contributed by atoms with Crippen LogP contribution in [0.15, 0.2) is 18.2 Å². The fraction of sp³-hybridized carbons (Fsp3) is 0.700. The van der Waals surface area contributed by atoms with E-state index in [1.807, 2.05) is 18.2 Å². The van der Waals surface area contributed by atoms with Crippen molar-refractivity contribution >= 4 is 21.4 Å². The van der Waals surface area contributed by atoms with Gasteiger partial charge in [-0.05, 0) is 64.0 Å². The van der Waals surface area contributed by atoms with Crippen LogP contribution in [0.2, 0.25) is 0 Å². The van der Waals surface area contributed by atoms with E-state index in [9.17, 15) is 8.42 Å². The lowest BCUT2D eigenvalue weighted by atomic mass is 9.86. The molecule has 0 atom stereocenters. The van der Waals surface area contributed by atoms with Gasteiger partial charge in [-0.2, -0.15) is 0 Å². The molecule has 0 unspecified atom stereocenters. The van der Waals surface area contributed by atoms with Gasteiger partial charge in [0.2, 0.25) is 10.0 Å². The van der Waals surface area contributed by atoms with Crippen LogP contribution >= 0.6 is 0 Å². The molecule has 27 heavy (non-hydrogen) atoms. The summed E-state index contributed by atoms with van der Waals surface area (Å²) in [5.41, 5.74) is 7.77. The Labute approximate surface area is 164 Å². The number of nitrogens with two attached hydrogens (primary N) is 1. The summed E-state index contributed by atoms with van der Waals surface area (Å²) in [4.78, 5) is 0. The Bertz CT molecular complexity index is 684. The molecule has 0 aromatic heterocycles. The molecule has 1 aliphatic rings. The Hall–Kier alpha value is -1.47. The molecule has 1 aromatic rings. The van der Waals surface area contributed by atoms with E-state index in [1.165, 1.54) is 0 Å². The lowest BCUT2D eigenvalue weighted by Crippen LogP contribution is -2.41. The maximum absolute atomic E-state index is 12.0. The number of unbranched alkanes of at least 4 members (excludes halogenated alkanes) is 1. The van der Waals surface area contributed by atoms with Gasteiger partial charge in [0, 0.05) is 18.7 Å². The highest BCUT2D eigenvalue weighted by molar-refractivity contribution is 7.90. The number of nitrogen functional groups attached to an aromatic ring is 1. The van der Waals surface area contributed by atoms with Crippen LogP contribution in [0.25, 0.3) is 0 Å². The van der Waals surface area contributed by atoms with Crippen molar-refractivity contribution in [2.75, 3.05) is 24.2 Å². The standard InChI is InChI=1S/C20H35N3O3S/c1-4-5-12-26-18-10-11-20(19(21)13-18)22-14-16-6-8-17(9-7-16)23-27(24,25)15(2)3/h10-11,13,15-17,22-23H,4-9,12,14,21H2,1-3H3. The molecule has 4 N–H and O–H groups in total. The van der Waals surface area contributed by atoms with Crippen molar-refractivity contribution in [3.8, 4) is 5.75 Å².